The van der Waals surface area contributed by atoms with E-state index in [9.17, 15) is 26.7 Å². The van der Waals surface area contributed by atoms with E-state index in [-0.39, 0.29) is 18.7 Å². The predicted octanol–water partition coefficient (Wildman–Crippen LogP) is 1.24. The minimum Gasteiger partial charge on any atom is -0.390 e. The molecule has 0 spiro atoms. The number of aliphatic hydroxyl groups is 1. The molecule has 3 saturated heterocycles. The third-order valence-corrected chi connectivity index (χ3v) is 7.46. The molecule has 134 valence electrons. The largest absolute Gasteiger partial charge is 0.417 e. The molecule has 25 heavy (non-hydrogen) atoms. The number of alkyl halides is 3. The Kier molecular flexibility index (Phi) is 3.39. The number of halogens is 3. The Morgan fingerprint density at radius 3 is 2.72 bits per heavy atom. The summed E-state index contributed by atoms with van der Waals surface area (Å²) in [5, 5.41) is 17.9. The van der Waals surface area contributed by atoms with Crippen LogP contribution < -0.4 is 4.31 Å². The number of fused-ring (bicyclic) bond motifs is 5. The van der Waals surface area contributed by atoms with Crippen molar-refractivity contribution < 1.29 is 31.4 Å². The van der Waals surface area contributed by atoms with Crippen LogP contribution in [0.15, 0.2) is 18.2 Å². The van der Waals surface area contributed by atoms with Gasteiger partial charge in [0, 0.05) is 18.9 Å². The Morgan fingerprint density at radius 2 is 2.08 bits per heavy atom. The van der Waals surface area contributed by atoms with Crippen LogP contribution in [0.1, 0.15) is 17.5 Å². The third kappa shape index (κ3) is 2.26. The number of anilines is 1. The third-order valence-electron chi connectivity index (χ3n) is 5.14. The highest BCUT2D eigenvalue weighted by Gasteiger charge is 2.64. The van der Waals surface area contributed by atoms with Gasteiger partial charge in [0.1, 0.15) is 5.25 Å². The van der Waals surface area contributed by atoms with Gasteiger partial charge in [0.25, 0.3) is 0 Å². The highest BCUT2D eigenvalue weighted by atomic mass is 32.2. The van der Waals surface area contributed by atoms with E-state index in [4.69, 9.17) is 10.00 Å². The lowest BCUT2D eigenvalue weighted by Crippen LogP contribution is -2.40. The monoisotopic (exact) mass is 374 g/mol. The average Bonchev–Trinajstić information content (AvgIpc) is 3.15. The van der Waals surface area contributed by atoms with Gasteiger partial charge in [-0.2, -0.15) is 18.4 Å². The predicted molar refractivity (Wildman–Crippen MR) is 79.0 cm³/mol. The molecule has 1 aromatic carbocycles. The van der Waals surface area contributed by atoms with Crippen LogP contribution in [0, 0.1) is 17.2 Å². The molecule has 0 unspecified atom stereocenters. The summed E-state index contributed by atoms with van der Waals surface area (Å²) in [6.45, 7) is -0.0472. The highest BCUT2D eigenvalue weighted by Crippen LogP contribution is 2.49. The minimum atomic E-state index is -4.77. The van der Waals surface area contributed by atoms with E-state index in [0.717, 1.165) is 10.4 Å². The van der Waals surface area contributed by atoms with E-state index in [1.165, 1.54) is 12.1 Å². The zero-order valence-electron chi connectivity index (χ0n) is 12.6. The summed E-state index contributed by atoms with van der Waals surface area (Å²) < 4.78 is 71.5. The van der Waals surface area contributed by atoms with Gasteiger partial charge in [-0.25, -0.2) is 8.42 Å². The van der Waals surface area contributed by atoms with E-state index < -0.39 is 56.8 Å². The number of ether oxygens (including phenoxy) is 1. The maximum atomic E-state index is 13.1. The second-order valence-electron chi connectivity index (χ2n) is 6.49. The molecule has 0 radical (unpaired) electrons. The molecule has 3 heterocycles. The summed E-state index contributed by atoms with van der Waals surface area (Å²) in [4.78, 5) is 0. The van der Waals surface area contributed by atoms with Crippen molar-refractivity contribution in [2.75, 3.05) is 10.8 Å². The second-order valence-corrected chi connectivity index (χ2v) is 8.50. The molecule has 4 rings (SSSR count). The molecule has 10 heteroatoms. The van der Waals surface area contributed by atoms with Crippen LogP contribution in [0.5, 0.6) is 0 Å². The molecule has 3 fully saturated rings. The number of hydrogen-bond donors (Lipinski definition) is 1. The maximum Gasteiger partial charge on any atom is 0.417 e. The van der Waals surface area contributed by atoms with Crippen molar-refractivity contribution in [3.63, 3.8) is 0 Å². The van der Waals surface area contributed by atoms with Gasteiger partial charge in [0.05, 0.1) is 41.2 Å². The molecule has 0 aliphatic carbocycles. The summed E-state index contributed by atoms with van der Waals surface area (Å²) >= 11 is 0. The van der Waals surface area contributed by atoms with E-state index in [1.807, 2.05) is 0 Å². The number of nitrogens with zero attached hydrogens (tertiary/aromatic N) is 2. The maximum absolute atomic E-state index is 13.1. The minimum absolute atomic E-state index is 0.0472. The molecule has 6 nitrogen and oxygen atoms in total. The first-order valence-corrected chi connectivity index (χ1v) is 9.11. The van der Waals surface area contributed by atoms with Crippen molar-refractivity contribution in [3.8, 4) is 6.07 Å². The first-order valence-electron chi connectivity index (χ1n) is 7.61. The van der Waals surface area contributed by atoms with Crippen molar-refractivity contribution in [2.45, 2.75) is 36.2 Å². The van der Waals surface area contributed by atoms with Crippen molar-refractivity contribution in [3.05, 3.63) is 29.3 Å². The molecule has 0 aromatic heterocycles. The topological polar surface area (TPSA) is 90.6 Å². The van der Waals surface area contributed by atoms with E-state index >= 15 is 0 Å². The smallest absolute Gasteiger partial charge is 0.390 e. The van der Waals surface area contributed by atoms with Gasteiger partial charge in [-0.05, 0) is 18.2 Å². The van der Waals surface area contributed by atoms with Crippen LogP contribution in [0.25, 0.3) is 0 Å². The molecule has 3 aliphatic heterocycles. The summed E-state index contributed by atoms with van der Waals surface area (Å²) in [6.07, 6.45) is -6.57. The van der Waals surface area contributed by atoms with Crippen molar-refractivity contribution in [1.82, 2.24) is 0 Å². The van der Waals surface area contributed by atoms with Gasteiger partial charge in [-0.15, -0.1) is 0 Å². The Hall–Kier alpha value is -1.83. The van der Waals surface area contributed by atoms with Crippen LogP contribution in [-0.2, 0) is 20.9 Å². The summed E-state index contributed by atoms with van der Waals surface area (Å²) in [6, 6.07) is 4.33. The van der Waals surface area contributed by atoms with Crippen LogP contribution in [0.2, 0.25) is 0 Å². The van der Waals surface area contributed by atoms with Gasteiger partial charge in [-0.3, -0.25) is 4.31 Å². The zero-order chi connectivity index (χ0) is 18.1. The van der Waals surface area contributed by atoms with Gasteiger partial charge in [0.15, 0.2) is 0 Å². The van der Waals surface area contributed by atoms with Crippen molar-refractivity contribution >= 4 is 15.7 Å². The normalized spacial score (nSPS) is 35.6. The van der Waals surface area contributed by atoms with Gasteiger partial charge in [0.2, 0.25) is 10.0 Å². The fourth-order valence-electron chi connectivity index (χ4n) is 4.12. The quantitative estimate of drug-likeness (QED) is 0.799. The number of aliphatic hydroxyl groups excluding tert-OH is 1. The van der Waals surface area contributed by atoms with Crippen molar-refractivity contribution in [2.24, 2.45) is 5.92 Å². The lowest BCUT2D eigenvalue weighted by atomic mass is 9.87. The first-order chi connectivity index (χ1) is 11.6. The number of sulfonamides is 1. The molecule has 3 aliphatic rings. The Labute approximate surface area is 141 Å². The zero-order valence-corrected chi connectivity index (χ0v) is 13.5. The molecule has 5 atom stereocenters. The summed E-state index contributed by atoms with van der Waals surface area (Å²) in [5.74, 6) is -0.483. The van der Waals surface area contributed by atoms with Crippen LogP contribution >= 0.6 is 0 Å². The van der Waals surface area contributed by atoms with E-state index in [0.29, 0.717) is 6.07 Å². The van der Waals surface area contributed by atoms with Crippen LogP contribution in [0.4, 0.5) is 18.9 Å². The van der Waals surface area contributed by atoms with E-state index in [1.54, 1.807) is 0 Å². The van der Waals surface area contributed by atoms with Gasteiger partial charge < -0.3 is 9.84 Å². The number of hydrogen-bond acceptors (Lipinski definition) is 5. The Bertz CT molecular complexity index is 880. The number of rotatable bonds is 1. The number of benzene rings is 1. The number of nitriles is 1. The lowest BCUT2D eigenvalue weighted by Gasteiger charge is -2.22. The Balaban J connectivity index is 1.76. The van der Waals surface area contributed by atoms with Crippen LogP contribution in [0.3, 0.4) is 0 Å². The average molecular weight is 374 g/mol. The van der Waals surface area contributed by atoms with Crippen LogP contribution in [-0.4, -0.2) is 43.6 Å². The van der Waals surface area contributed by atoms with E-state index in [2.05, 4.69) is 0 Å². The summed E-state index contributed by atoms with van der Waals surface area (Å²) in [5.41, 5.74) is -1.86. The SMILES string of the molecule is N#Cc1ccc(N2C[C@H]3[C@H]4O[C@H](C[C@H]4O)[C@H]3S2(=O)=O)cc1C(F)(F)F. The lowest BCUT2D eigenvalue weighted by molar-refractivity contribution is -0.137. The van der Waals surface area contributed by atoms with Crippen molar-refractivity contribution in [1.29, 1.82) is 5.26 Å². The molecule has 1 aromatic rings. The molecule has 1 N–H and O–H groups in total. The van der Waals surface area contributed by atoms with Gasteiger partial charge in [-0.1, -0.05) is 0 Å². The fraction of sp³-hybridized carbons (Fsp3) is 0.533. The second kappa shape index (κ2) is 5.09. The molecular formula is C15H13F3N2O4S. The summed E-state index contributed by atoms with van der Waals surface area (Å²) in [7, 11) is -3.91. The first kappa shape index (κ1) is 16.6. The molecule has 0 amide bonds. The fourth-order valence-corrected chi connectivity index (χ4v) is 6.44. The molecule has 0 saturated carbocycles. The molecule has 2 bridgehead atoms. The molecular weight excluding hydrogens is 361 g/mol. The highest BCUT2D eigenvalue weighted by molar-refractivity contribution is 7.93. The van der Waals surface area contributed by atoms with Gasteiger partial charge >= 0.3 is 6.18 Å². The standard InChI is InChI=1S/C15H13F3N2O4S/c16-15(17,18)10-3-8(2-1-7(10)5-19)20-6-9-13-11(21)4-12(24-13)14(9)25(20,22)23/h1-3,9,11-14,21H,4,6H2/t9-,11+,12+,13+,14-/m0/s1. The Morgan fingerprint density at radius 1 is 1.36 bits per heavy atom.